The van der Waals surface area contributed by atoms with Crippen LogP contribution in [0.15, 0.2) is 63.7 Å². The van der Waals surface area contributed by atoms with Crippen LogP contribution < -0.4 is 5.32 Å². The van der Waals surface area contributed by atoms with Crippen molar-refractivity contribution < 1.29 is 18.1 Å². The first-order valence-electron chi connectivity index (χ1n) is 8.60. The summed E-state index contributed by atoms with van der Waals surface area (Å²) >= 11 is 9.07. The molecule has 4 aromatic rings. The third kappa shape index (κ3) is 4.27. The molecule has 0 bridgehead atoms. The van der Waals surface area contributed by atoms with E-state index in [1.54, 1.807) is 29.0 Å². The molecule has 1 amide bonds. The van der Waals surface area contributed by atoms with Crippen molar-refractivity contribution in [2.45, 2.75) is 6.54 Å². The summed E-state index contributed by atoms with van der Waals surface area (Å²) in [5.41, 5.74) is 1.40. The standard InChI is InChI=1S/C20H12BrClF2N4O2/c21-13-8-11(3-5-15(13)24)19-26-20(30-27-19)17-2-1-7-28(17)10-18(29)25-16-6-4-12(23)9-14(16)22/h1-9H,10H2,(H,25,29). The van der Waals surface area contributed by atoms with E-state index < -0.39 is 11.6 Å². The van der Waals surface area contributed by atoms with Gasteiger partial charge in [-0.15, -0.1) is 0 Å². The highest BCUT2D eigenvalue weighted by Gasteiger charge is 2.17. The molecule has 0 radical (unpaired) electrons. The predicted molar refractivity (Wildman–Crippen MR) is 111 cm³/mol. The number of carbonyl (C=O) groups excluding carboxylic acids is 1. The lowest BCUT2D eigenvalue weighted by Gasteiger charge is -2.09. The smallest absolute Gasteiger partial charge is 0.274 e. The first kappa shape index (κ1) is 20.2. The second-order valence-corrected chi connectivity index (χ2v) is 7.51. The molecule has 0 atom stereocenters. The highest BCUT2D eigenvalue weighted by atomic mass is 79.9. The highest BCUT2D eigenvalue weighted by molar-refractivity contribution is 9.10. The van der Waals surface area contributed by atoms with Crippen LogP contribution in [-0.4, -0.2) is 20.6 Å². The van der Waals surface area contributed by atoms with Gasteiger partial charge in [-0.25, -0.2) is 8.78 Å². The lowest BCUT2D eigenvalue weighted by atomic mass is 10.2. The molecule has 152 valence electrons. The number of aromatic nitrogens is 3. The number of hydrogen-bond acceptors (Lipinski definition) is 4. The lowest BCUT2D eigenvalue weighted by Crippen LogP contribution is -2.19. The molecule has 30 heavy (non-hydrogen) atoms. The molecule has 0 unspecified atom stereocenters. The number of benzene rings is 2. The maximum Gasteiger partial charge on any atom is 0.274 e. The van der Waals surface area contributed by atoms with Gasteiger partial charge in [0.25, 0.3) is 5.89 Å². The van der Waals surface area contributed by atoms with Gasteiger partial charge in [0.2, 0.25) is 11.7 Å². The highest BCUT2D eigenvalue weighted by Crippen LogP contribution is 2.26. The molecule has 2 aromatic heterocycles. The molecule has 4 rings (SSSR count). The van der Waals surface area contributed by atoms with Crippen molar-refractivity contribution in [3.05, 3.63) is 75.9 Å². The molecular formula is C20H12BrClF2N4O2. The van der Waals surface area contributed by atoms with Crippen molar-refractivity contribution in [1.29, 1.82) is 0 Å². The summed E-state index contributed by atoms with van der Waals surface area (Å²) in [5.74, 6) is -0.790. The third-order valence-electron chi connectivity index (χ3n) is 4.17. The van der Waals surface area contributed by atoms with E-state index in [2.05, 4.69) is 31.4 Å². The number of halogens is 4. The van der Waals surface area contributed by atoms with Crippen LogP contribution >= 0.6 is 27.5 Å². The van der Waals surface area contributed by atoms with Crippen LogP contribution in [-0.2, 0) is 11.3 Å². The van der Waals surface area contributed by atoms with Crippen LogP contribution in [0.3, 0.4) is 0 Å². The minimum absolute atomic E-state index is 0.0597. The zero-order valence-corrected chi connectivity index (χ0v) is 17.4. The number of amides is 1. The van der Waals surface area contributed by atoms with Gasteiger partial charge in [0.1, 0.15) is 23.9 Å². The van der Waals surface area contributed by atoms with Gasteiger partial charge >= 0.3 is 0 Å². The number of rotatable bonds is 5. The molecule has 0 aliphatic carbocycles. The Morgan fingerprint density at radius 3 is 2.80 bits per heavy atom. The molecule has 0 saturated heterocycles. The van der Waals surface area contributed by atoms with Gasteiger partial charge in [0, 0.05) is 11.8 Å². The molecule has 10 heteroatoms. The van der Waals surface area contributed by atoms with Gasteiger partial charge in [-0.2, -0.15) is 4.98 Å². The second-order valence-electron chi connectivity index (χ2n) is 6.25. The maximum absolute atomic E-state index is 13.4. The fourth-order valence-corrected chi connectivity index (χ4v) is 3.35. The van der Waals surface area contributed by atoms with Crippen LogP contribution in [0.1, 0.15) is 0 Å². The van der Waals surface area contributed by atoms with E-state index in [0.29, 0.717) is 16.9 Å². The summed E-state index contributed by atoms with van der Waals surface area (Å²) in [6.07, 6.45) is 1.68. The van der Waals surface area contributed by atoms with E-state index in [1.165, 1.54) is 24.3 Å². The number of hydrogen-bond donors (Lipinski definition) is 1. The fraction of sp³-hybridized carbons (Fsp3) is 0.0500. The van der Waals surface area contributed by atoms with Crippen LogP contribution in [0, 0.1) is 11.6 Å². The quantitative estimate of drug-likeness (QED) is 0.396. The minimum Gasteiger partial charge on any atom is -0.334 e. The van der Waals surface area contributed by atoms with Gasteiger partial charge in [-0.3, -0.25) is 4.79 Å². The van der Waals surface area contributed by atoms with E-state index >= 15 is 0 Å². The third-order valence-corrected chi connectivity index (χ3v) is 5.09. The summed E-state index contributed by atoms with van der Waals surface area (Å²) in [7, 11) is 0. The number of carbonyl (C=O) groups is 1. The fourth-order valence-electron chi connectivity index (χ4n) is 2.76. The summed E-state index contributed by atoms with van der Waals surface area (Å²) in [4.78, 5) is 16.7. The largest absolute Gasteiger partial charge is 0.334 e. The lowest BCUT2D eigenvalue weighted by molar-refractivity contribution is -0.116. The Hall–Kier alpha value is -3.04. The van der Waals surface area contributed by atoms with Gasteiger partial charge in [0.15, 0.2) is 0 Å². The Balaban J connectivity index is 1.53. The van der Waals surface area contributed by atoms with E-state index in [4.69, 9.17) is 16.1 Å². The van der Waals surface area contributed by atoms with Crippen molar-refractivity contribution >= 4 is 39.1 Å². The van der Waals surface area contributed by atoms with Crippen molar-refractivity contribution in [1.82, 2.24) is 14.7 Å². The van der Waals surface area contributed by atoms with Gasteiger partial charge in [0.05, 0.1) is 15.2 Å². The predicted octanol–water partition coefficient (Wildman–Crippen LogP) is 5.54. The van der Waals surface area contributed by atoms with E-state index in [0.717, 1.165) is 6.07 Å². The van der Waals surface area contributed by atoms with E-state index in [-0.39, 0.29) is 33.7 Å². The Morgan fingerprint density at radius 2 is 2.03 bits per heavy atom. The normalized spacial score (nSPS) is 10.9. The summed E-state index contributed by atoms with van der Waals surface area (Å²) < 4.78 is 33.8. The van der Waals surface area contributed by atoms with Crippen LogP contribution in [0.5, 0.6) is 0 Å². The Labute approximate surface area is 182 Å². The summed E-state index contributed by atoms with van der Waals surface area (Å²) in [5, 5.41) is 6.66. The van der Waals surface area contributed by atoms with Gasteiger partial charge < -0.3 is 14.4 Å². The molecule has 0 fully saturated rings. The Kier molecular flexibility index (Phi) is 5.65. The summed E-state index contributed by atoms with van der Waals surface area (Å²) in [6.45, 7) is -0.0597. The monoisotopic (exact) mass is 492 g/mol. The van der Waals surface area contributed by atoms with E-state index in [9.17, 15) is 13.6 Å². The molecule has 0 aliphatic rings. The van der Waals surface area contributed by atoms with Crippen molar-refractivity contribution in [3.63, 3.8) is 0 Å². The molecule has 6 nitrogen and oxygen atoms in total. The second kappa shape index (κ2) is 8.37. The Bertz CT molecular complexity index is 1240. The topological polar surface area (TPSA) is 73.0 Å². The molecule has 0 saturated carbocycles. The summed E-state index contributed by atoms with van der Waals surface area (Å²) in [6, 6.07) is 11.5. The van der Waals surface area contributed by atoms with Crippen molar-refractivity contribution in [2.75, 3.05) is 5.32 Å². The number of nitrogens with one attached hydrogen (secondary N) is 1. The first-order valence-corrected chi connectivity index (χ1v) is 9.77. The zero-order valence-electron chi connectivity index (χ0n) is 15.1. The first-order chi connectivity index (χ1) is 14.4. The molecule has 0 spiro atoms. The SMILES string of the molecule is O=C(Cn1cccc1-c1nc(-c2ccc(F)c(Br)c2)no1)Nc1ccc(F)cc1Cl. The molecule has 2 heterocycles. The minimum atomic E-state index is -0.494. The van der Waals surface area contributed by atoms with Crippen molar-refractivity contribution in [2.24, 2.45) is 0 Å². The molecule has 2 aromatic carbocycles. The maximum atomic E-state index is 13.4. The number of nitrogens with zero attached hydrogens (tertiary/aromatic N) is 3. The average Bonchev–Trinajstić information content (AvgIpc) is 3.35. The molecule has 1 N–H and O–H groups in total. The van der Waals surface area contributed by atoms with E-state index in [1.807, 2.05) is 0 Å². The molecule has 0 aliphatic heterocycles. The average molecular weight is 494 g/mol. The van der Waals surface area contributed by atoms with Crippen LogP contribution in [0.25, 0.3) is 23.0 Å². The van der Waals surface area contributed by atoms with Crippen LogP contribution in [0.2, 0.25) is 5.02 Å². The van der Waals surface area contributed by atoms with Gasteiger partial charge in [-0.05, 0) is 64.5 Å². The van der Waals surface area contributed by atoms with Crippen LogP contribution in [0.4, 0.5) is 14.5 Å². The van der Waals surface area contributed by atoms with Gasteiger partial charge in [-0.1, -0.05) is 16.8 Å². The molecular weight excluding hydrogens is 482 g/mol. The zero-order chi connectivity index (χ0) is 21.3. The number of anilines is 1. The van der Waals surface area contributed by atoms with Crippen molar-refractivity contribution in [3.8, 4) is 23.0 Å². The Morgan fingerprint density at radius 1 is 1.20 bits per heavy atom.